The van der Waals surface area contributed by atoms with Crippen molar-refractivity contribution in [1.29, 1.82) is 0 Å². The smallest absolute Gasteiger partial charge is 0.256 e. The summed E-state index contributed by atoms with van der Waals surface area (Å²) in [6.07, 6.45) is 0.0624. The molecule has 2 amide bonds. The number of carbonyl (C=O) groups excluding carboxylic acids is 2. The third-order valence-corrected chi connectivity index (χ3v) is 5.71. The maximum absolute atomic E-state index is 12.8. The Labute approximate surface area is 173 Å². The zero-order valence-corrected chi connectivity index (χ0v) is 16.5. The first-order chi connectivity index (χ1) is 13.5. The molecule has 1 N–H and O–H groups in total. The van der Waals surface area contributed by atoms with E-state index in [0.29, 0.717) is 10.7 Å². The van der Waals surface area contributed by atoms with Gasteiger partial charge in [0.1, 0.15) is 6.04 Å². The molecule has 0 saturated carbocycles. The van der Waals surface area contributed by atoms with Crippen LogP contribution in [0.3, 0.4) is 0 Å². The molecule has 2 aliphatic heterocycles. The van der Waals surface area contributed by atoms with Crippen LogP contribution in [0.4, 0.5) is 17.1 Å². The fourth-order valence-corrected chi connectivity index (χ4v) is 3.83. The average Bonchev–Trinajstić information content (AvgIpc) is 2.98. The summed E-state index contributed by atoms with van der Waals surface area (Å²) in [7, 11) is 0. The number of benzene rings is 2. The Balaban J connectivity index is 1.47. The molecule has 2 saturated heterocycles. The predicted octanol–water partition coefficient (Wildman–Crippen LogP) is 3.57. The van der Waals surface area contributed by atoms with Crippen molar-refractivity contribution in [1.82, 2.24) is 0 Å². The number of amides is 2. The highest BCUT2D eigenvalue weighted by molar-refractivity contribution is 6.45. The fraction of sp³-hybridized carbons (Fsp3) is 0.300. The molecule has 2 aliphatic rings. The molecule has 1 atom stereocenters. The quantitative estimate of drug-likeness (QED) is 0.767. The topological polar surface area (TPSA) is 61.9 Å². The number of nitrogens with one attached hydrogen (secondary N) is 1. The highest BCUT2D eigenvalue weighted by Crippen LogP contribution is 2.35. The van der Waals surface area contributed by atoms with Gasteiger partial charge in [-0.05, 0) is 36.4 Å². The van der Waals surface area contributed by atoms with Crippen LogP contribution >= 0.6 is 23.2 Å². The van der Waals surface area contributed by atoms with E-state index in [4.69, 9.17) is 27.9 Å². The van der Waals surface area contributed by atoms with Crippen LogP contribution in [0.5, 0.6) is 0 Å². The van der Waals surface area contributed by atoms with Crippen molar-refractivity contribution in [3.63, 3.8) is 0 Å². The number of imide groups is 1. The molecule has 8 heteroatoms. The van der Waals surface area contributed by atoms with Crippen LogP contribution in [0.1, 0.15) is 6.42 Å². The Hall–Kier alpha value is -2.28. The molecule has 2 heterocycles. The van der Waals surface area contributed by atoms with Gasteiger partial charge >= 0.3 is 0 Å². The first-order valence-corrected chi connectivity index (χ1v) is 9.80. The highest BCUT2D eigenvalue weighted by atomic mass is 35.5. The monoisotopic (exact) mass is 419 g/mol. The van der Waals surface area contributed by atoms with Gasteiger partial charge in [-0.3, -0.25) is 9.59 Å². The van der Waals surface area contributed by atoms with Crippen molar-refractivity contribution < 1.29 is 14.3 Å². The van der Waals surface area contributed by atoms with Gasteiger partial charge in [-0.1, -0.05) is 29.3 Å². The standard InChI is InChI=1S/C20H19Cl2N3O3/c21-15-2-1-3-17(19(15)22)25-18(26)12-16(20(25)27)23-13-4-6-14(7-5-13)24-8-10-28-11-9-24/h1-7,16,23H,8-12H2/t16-/m0/s1. The summed E-state index contributed by atoms with van der Waals surface area (Å²) in [6.45, 7) is 3.16. The summed E-state index contributed by atoms with van der Waals surface area (Å²) in [5, 5.41) is 3.65. The second-order valence-electron chi connectivity index (χ2n) is 6.69. The molecule has 6 nitrogen and oxygen atoms in total. The van der Waals surface area contributed by atoms with E-state index in [1.807, 2.05) is 24.3 Å². The third-order valence-electron chi connectivity index (χ3n) is 4.90. The lowest BCUT2D eigenvalue weighted by atomic mass is 10.2. The van der Waals surface area contributed by atoms with Crippen molar-refractivity contribution in [3.8, 4) is 0 Å². The summed E-state index contributed by atoms with van der Waals surface area (Å²) in [5.41, 5.74) is 2.20. The van der Waals surface area contributed by atoms with Gasteiger partial charge < -0.3 is 15.0 Å². The number of ether oxygens (including phenoxy) is 1. The molecular formula is C20H19Cl2N3O3. The van der Waals surface area contributed by atoms with Gasteiger partial charge in [0.25, 0.3) is 5.91 Å². The molecule has 0 spiro atoms. The van der Waals surface area contributed by atoms with Gasteiger partial charge in [0.15, 0.2) is 0 Å². The Bertz CT molecular complexity index is 898. The van der Waals surface area contributed by atoms with Gasteiger partial charge in [-0.25, -0.2) is 4.90 Å². The van der Waals surface area contributed by atoms with Crippen molar-refractivity contribution in [2.75, 3.05) is 41.4 Å². The van der Waals surface area contributed by atoms with Crippen LogP contribution in [0.2, 0.25) is 10.0 Å². The van der Waals surface area contributed by atoms with Crippen LogP contribution < -0.4 is 15.1 Å². The fourth-order valence-electron chi connectivity index (χ4n) is 3.45. The number of hydrogen-bond acceptors (Lipinski definition) is 5. The first-order valence-electron chi connectivity index (χ1n) is 9.04. The van der Waals surface area contributed by atoms with Gasteiger partial charge in [-0.15, -0.1) is 0 Å². The van der Waals surface area contributed by atoms with E-state index >= 15 is 0 Å². The van der Waals surface area contributed by atoms with Gasteiger partial charge in [0.2, 0.25) is 5.91 Å². The van der Waals surface area contributed by atoms with Gasteiger partial charge in [0, 0.05) is 24.5 Å². The summed E-state index contributed by atoms with van der Waals surface area (Å²) < 4.78 is 5.37. The Kier molecular flexibility index (Phi) is 5.44. The maximum atomic E-state index is 12.8. The molecule has 0 unspecified atom stereocenters. The van der Waals surface area contributed by atoms with Crippen molar-refractivity contribution in [2.24, 2.45) is 0 Å². The zero-order valence-electron chi connectivity index (χ0n) is 15.0. The van der Waals surface area contributed by atoms with E-state index in [1.54, 1.807) is 18.2 Å². The molecule has 0 aromatic heterocycles. The summed E-state index contributed by atoms with van der Waals surface area (Å²) in [5.74, 6) is -0.650. The van der Waals surface area contributed by atoms with E-state index in [9.17, 15) is 9.59 Å². The third kappa shape index (κ3) is 3.68. The van der Waals surface area contributed by atoms with Gasteiger partial charge in [-0.2, -0.15) is 0 Å². The number of carbonyl (C=O) groups is 2. The molecule has 0 aliphatic carbocycles. The van der Waals surface area contributed by atoms with E-state index < -0.39 is 6.04 Å². The van der Waals surface area contributed by atoms with E-state index in [1.165, 1.54) is 0 Å². The number of rotatable bonds is 4. The minimum absolute atomic E-state index is 0.0624. The molecule has 146 valence electrons. The zero-order chi connectivity index (χ0) is 19.7. The molecule has 4 rings (SSSR count). The SMILES string of the molecule is O=C1C[C@H](Nc2ccc(N3CCOCC3)cc2)C(=O)N1c1cccc(Cl)c1Cl. The van der Waals surface area contributed by atoms with Crippen molar-refractivity contribution >= 4 is 52.1 Å². The maximum Gasteiger partial charge on any atom is 0.256 e. The Morgan fingerprint density at radius 3 is 2.43 bits per heavy atom. The van der Waals surface area contributed by atoms with Crippen LogP contribution in [-0.4, -0.2) is 44.2 Å². The summed E-state index contributed by atoms with van der Waals surface area (Å²) >= 11 is 12.2. The summed E-state index contributed by atoms with van der Waals surface area (Å²) in [4.78, 5) is 28.6. The lowest BCUT2D eigenvalue weighted by molar-refractivity contribution is -0.121. The minimum atomic E-state index is -0.642. The Morgan fingerprint density at radius 2 is 1.71 bits per heavy atom. The highest BCUT2D eigenvalue weighted by Gasteiger charge is 2.40. The second kappa shape index (κ2) is 7.99. The number of nitrogens with zero attached hydrogens (tertiary/aromatic N) is 2. The molecule has 0 radical (unpaired) electrons. The number of hydrogen-bond donors (Lipinski definition) is 1. The molecule has 2 aromatic carbocycles. The van der Waals surface area contributed by atoms with Crippen molar-refractivity contribution in [2.45, 2.75) is 12.5 Å². The van der Waals surface area contributed by atoms with E-state index in [-0.39, 0.29) is 23.3 Å². The molecular weight excluding hydrogens is 401 g/mol. The van der Waals surface area contributed by atoms with Crippen LogP contribution in [-0.2, 0) is 14.3 Å². The summed E-state index contributed by atoms with van der Waals surface area (Å²) in [6, 6.07) is 12.1. The van der Waals surface area contributed by atoms with Crippen LogP contribution in [0.25, 0.3) is 0 Å². The van der Waals surface area contributed by atoms with Gasteiger partial charge in [0.05, 0.1) is 35.4 Å². The molecule has 2 aromatic rings. The van der Waals surface area contributed by atoms with Crippen LogP contribution in [0, 0.1) is 0 Å². The van der Waals surface area contributed by atoms with E-state index in [2.05, 4.69) is 10.2 Å². The largest absolute Gasteiger partial charge is 0.378 e. The lowest BCUT2D eigenvalue weighted by Crippen LogP contribution is -2.36. The normalized spacial score (nSPS) is 20.0. The predicted molar refractivity (Wildman–Crippen MR) is 110 cm³/mol. The van der Waals surface area contributed by atoms with E-state index in [0.717, 1.165) is 42.6 Å². The molecule has 28 heavy (non-hydrogen) atoms. The minimum Gasteiger partial charge on any atom is -0.378 e. The average molecular weight is 420 g/mol. The Morgan fingerprint density at radius 1 is 1.00 bits per heavy atom. The first kappa shape index (κ1) is 19.1. The molecule has 2 fully saturated rings. The number of morpholine rings is 1. The van der Waals surface area contributed by atoms with Crippen LogP contribution in [0.15, 0.2) is 42.5 Å². The van der Waals surface area contributed by atoms with Crippen molar-refractivity contribution in [3.05, 3.63) is 52.5 Å². The lowest BCUT2D eigenvalue weighted by Gasteiger charge is -2.29. The number of anilines is 3. The second-order valence-corrected chi connectivity index (χ2v) is 7.47. The molecule has 0 bridgehead atoms. The number of halogens is 2.